The van der Waals surface area contributed by atoms with Crippen LogP contribution in [0.4, 0.5) is 5.13 Å². The lowest BCUT2D eigenvalue weighted by atomic mass is 10.1. The smallest absolute Gasteiger partial charge is 0.361 e. The zero-order valence-electron chi connectivity index (χ0n) is 16.7. The molecule has 0 radical (unpaired) electrons. The molecule has 0 saturated carbocycles. The van der Waals surface area contributed by atoms with E-state index in [0.29, 0.717) is 11.7 Å². The molecule has 1 amide bonds. The Morgan fingerprint density at radius 1 is 1.10 bits per heavy atom. The van der Waals surface area contributed by atoms with Crippen LogP contribution in [0.25, 0.3) is 11.3 Å². The highest BCUT2D eigenvalue weighted by atomic mass is 32.1. The Morgan fingerprint density at radius 2 is 1.87 bits per heavy atom. The van der Waals surface area contributed by atoms with Gasteiger partial charge in [-0.15, -0.1) is 16.4 Å². The predicted octanol–water partition coefficient (Wildman–Crippen LogP) is 3.55. The summed E-state index contributed by atoms with van der Waals surface area (Å²) in [5.41, 5.74) is 3.97. The van der Waals surface area contributed by atoms with Crippen LogP contribution in [0.15, 0.2) is 66.2 Å². The summed E-state index contributed by atoms with van der Waals surface area (Å²) in [5, 5.41) is 12.7. The Kier molecular flexibility index (Phi) is 6.13. The summed E-state index contributed by atoms with van der Waals surface area (Å²) in [5.74, 6) is -1.19. The average molecular weight is 433 g/mol. The normalized spacial score (nSPS) is 10.6. The van der Waals surface area contributed by atoms with Crippen LogP contribution in [0.1, 0.15) is 21.6 Å². The van der Waals surface area contributed by atoms with Gasteiger partial charge in [0.15, 0.2) is 17.4 Å². The second-order valence-electron chi connectivity index (χ2n) is 6.82. The molecule has 1 N–H and O–H groups in total. The van der Waals surface area contributed by atoms with Crippen LogP contribution in [0, 0.1) is 6.92 Å². The van der Waals surface area contributed by atoms with Gasteiger partial charge in [0.1, 0.15) is 0 Å². The maximum absolute atomic E-state index is 12.2. The van der Waals surface area contributed by atoms with E-state index < -0.39 is 18.5 Å². The van der Waals surface area contributed by atoms with E-state index >= 15 is 0 Å². The van der Waals surface area contributed by atoms with Gasteiger partial charge in [-0.1, -0.05) is 65.4 Å². The summed E-state index contributed by atoms with van der Waals surface area (Å²) < 4.78 is 6.58. The van der Waals surface area contributed by atoms with Gasteiger partial charge in [0.2, 0.25) is 0 Å². The third-order valence-electron chi connectivity index (χ3n) is 4.37. The molecule has 0 atom stereocenters. The number of ether oxygens (including phenoxy) is 1. The number of benzene rings is 2. The van der Waals surface area contributed by atoms with Crippen molar-refractivity contribution in [2.75, 3.05) is 11.9 Å². The fraction of sp³-hybridized carbons (Fsp3) is 0.136. The molecule has 2 aromatic carbocycles. The molecule has 4 aromatic rings. The number of carbonyl (C=O) groups excluding carboxylic acids is 2. The molecule has 0 aliphatic heterocycles. The summed E-state index contributed by atoms with van der Waals surface area (Å²) >= 11 is 1.30. The number of carbonyl (C=O) groups is 2. The van der Waals surface area contributed by atoms with Crippen LogP contribution in [-0.2, 0) is 16.1 Å². The third kappa shape index (κ3) is 5.40. The van der Waals surface area contributed by atoms with Crippen LogP contribution in [0.3, 0.4) is 0 Å². The molecule has 4 rings (SSSR count). The number of nitrogens with zero attached hydrogens (tertiary/aromatic N) is 4. The van der Waals surface area contributed by atoms with Crippen LogP contribution in [0.2, 0.25) is 0 Å². The molecule has 0 aliphatic carbocycles. The van der Waals surface area contributed by atoms with Gasteiger partial charge in [0, 0.05) is 10.9 Å². The zero-order valence-corrected chi connectivity index (χ0v) is 17.5. The summed E-state index contributed by atoms with van der Waals surface area (Å²) in [6.45, 7) is 2.06. The van der Waals surface area contributed by atoms with E-state index in [1.165, 1.54) is 22.2 Å². The maximum Gasteiger partial charge on any atom is 0.361 e. The van der Waals surface area contributed by atoms with Gasteiger partial charge in [-0.05, 0) is 12.5 Å². The van der Waals surface area contributed by atoms with Crippen LogP contribution in [0.5, 0.6) is 0 Å². The second-order valence-corrected chi connectivity index (χ2v) is 7.67. The lowest BCUT2D eigenvalue weighted by Gasteiger charge is -2.03. The maximum atomic E-state index is 12.2. The van der Waals surface area contributed by atoms with Gasteiger partial charge in [0.25, 0.3) is 5.91 Å². The standard InChI is InChI=1S/C22H19N5O3S/c1-15-7-9-17(10-8-15)19-14-31-22(23-19)24-20(28)13-30-21(29)18-12-27(26-25-18)11-16-5-3-2-4-6-16/h2-10,12,14H,11,13H2,1H3,(H,23,24,28). The molecular formula is C22H19N5O3S. The van der Waals surface area contributed by atoms with Gasteiger partial charge in [-0.3, -0.25) is 10.1 Å². The Morgan fingerprint density at radius 3 is 2.65 bits per heavy atom. The first kappa shape index (κ1) is 20.4. The molecule has 0 spiro atoms. The number of amides is 1. The number of esters is 1. The Balaban J connectivity index is 1.28. The fourth-order valence-corrected chi connectivity index (χ4v) is 3.52. The van der Waals surface area contributed by atoms with Gasteiger partial charge < -0.3 is 4.74 Å². The van der Waals surface area contributed by atoms with Gasteiger partial charge in [-0.2, -0.15) is 0 Å². The minimum Gasteiger partial charge on any atom is -0.451 e. The molecule has 0 fully saturated rings. The largest absolute Gasteiger partial charge is 0.451 e. The second kappa shape index (κ2) is 9.31. The highest BCUT2D eigenvalue weighted by molar-refractivity contribution is 7.14. The van der Waals surface area contributed by atoms with Gasteiger partial charge in [0.05, 0.1) is 18.4 Å². The van der Waals surface area contributed by atoms with E-state index in [1.54, 1.807) is 0 Å². The van der Waals surface area contributed by atoms with Crippen molar-refractivity contribution in [3.8, 4) is 11.3 Å². The molecule has 0 saturated heterocycles. The molecule has 9 heteroatoms. The molecule has 8 nitrogen and oxygen atoms in total. The molecule has 0 aliphatic rings. The Bertz CT molecular complexity index is 1190. The molecule has 2 aromatic heterocycles. The average Bonchev–Trinajstić information content (AvgIpc) is 3.43. The molecule has 0 bridgehead atoms. The van der Waals surface area contributed by atoms with Crippen LogP contribution in [-0.4, -0.2) is 38.5 Å². The third-order valence-corrected chi connectivity index (χ3v) is 5.13. The van der Waals surface area contributed by atoms with E-state index in [1.807, 2.05) is 66.9 Å². The van der Waals surface area contributed by atoms with Crippen LogP contribution >= 0.6 is 11.3 Å². The van der Waals surface area contributed by atoms with Crippen molar-refractivity contribution in [2.24, 2.45) is 0 Å². The minimum atomic E-state index is -0.714. The molecule has 31 heavy (non-hydrogen) atoms. The van der Waals surface area contributed by atoms with Crippen molar-refractivity contribution in [3.63, 3.8) is 0 Å². The number of rotatable bonds is 7. The first-order valence-corrected chi connectivity index (χ1v) is 10.4. The number of hydrogen-bond acceptors (Lipinski definition) is 7. The van der Waals surface area contributed by atoms with E-state index in [9.17, 15) is 9.59 Å². The summed E-state index contributed by atoms with van der Waals surface area (Å²) in [6.07, 6.45) is 1.49. The summed E-state index contributed by atoms with van der Waals surface area (Å²) in [6, 6.07) is 17.6. The monoisotopic (exact) mass is 433 g/mol. The lowest BCUT2D eigenvalue weighted by molar-refractivity contribution is -0.119. The topological polar surface area (TPSA) is 99.0 Å². The van der Waals surface area contributed by atoms with Crippen molar-refractivity contribution >= 4 is 28.3 Å². The molecule has 2 heterocycles. The number of thiazole rings is 1. The van der Waals surface area contributed by atoms with Crippen LogP contribution < -0.4 is 5.32 Å². The van der Waals surface area contributed by atoms with E-state index in [2.05, 4.69) is 20.6 Å². The Hall–Kier alpha value is -3.85. The first-order valence-electron chi connectivity index (χ1n) is 9.50. The quantitative estimate of drug-likeness (QED) is 0.448. The lowest BCUT2D eigenvalue weighted by Crippen LogP contribution is -2.21. The fourth-order valence-electron chi connectivity index (χ4n) is 2.79. The predicted molar refractivity (Wildman–Crippen MR) is 117 cm³/mol. The van der Waals surface area contributed by atoms with Crippen molar-refractivity contribution in [3.05, 3.63) is 83.0 Å². The minimum absolute atomic E-state index is 0.0413. The van der Waals surface area contributed by atoms with Crippen molar-refractivity contribution in [1.29, 1.82) is 0 Å². The zero-order chi connectivity index (χ0) is 21.6. The molecule has 0 unspecified atom stereocenters. The highest BCUT2D eigenvalue weighted by Gasteiger charge is 2.15. The Labute approximate surface area is 182 Å². The number of nitrogens with one attached hydrogen (secondary N) is 1. The first-order chi connectivity index (χ1) is 15.1. The number of aromatic nitrogens is 4. The van der Waals surface area contributed by atoms with Gasteiger partial charge >= 0.3 is 5.97 Å². The SMILES string of the molecule is Cc1ccc(-c2csc(NC(=O)COC(=O)c3cn(Cc4ccccc4)nn3)n2)cc1. The van der Waals surface area contributed by atoms with E-state index in [0.717, 1.165) is 22.4 Å². The van der Waals surface area contributed by atoms with Gasteiger partial charge in [-0.25, -0.2) is 14.5 Å². The highest BCUT2D eigenvalue weighted by Crippen LogP contribution is 2.25. The number of aryl methyl sites for hydroxylation is 1. The molecule has 156 valence electrons. The number of hydrogen-bond donors (Lipinski definition) is 1. The molecular weight excluding hydrogens is 414 g/mol. The van der Waals surface area contributed by atoms with E-state index in [-0.39, 0.29) is 5.69 Å². The summed E-state index contributed by atoms with van der Waals surface area (Å²) in [7, 11) is 0. The number of anilines is 1. The van der Waals surface area contributed by atoms with Crippen molar-refractivity contribution in [1.82, 2.24) is 20.0 Å². The van der Waals surface area contributed by atoms with Crippen molar-refractivity contribution < 1.29 is 14.3 Å². The van der Waals surface area contributed by atoms with Crippen molar-refractivity contribution in [2.45, 2.75) is 13.5 Å². The summed E-state index contributed by atoms with van der Waals surface area (Å²) in [4.78, 5) is 28.7. The van der Waals surface area contributed by atoms with E-state index in [4.69, 9.17) is 4.74 Å².